The van der Waals surface area contributed by atoms with Crippen molar-refractivity contribution in [3.8, 4) is 0 Å². The smallest absolute Gasteiger partial charge is 0.257 e. The molecule has 0 aliphatic rings. The van der Waals surface area contributed by atoms with Crippen LogP contribution >= 0.6 is 11.8 Å². The van der Waals surface area contributed by atoms with Gasteiger partial charge in [0, 0.05) is 6.54 Å². The number of primary sulfonamides is 1. The first-order valence-electron chi connectivity index (χ1n) is 7.28. The van der Waals surface area contributed by atoms with Gasteiger partial charge in [0.25, 0.3) is 5.22 Å². The fourth-order valence-electron chi connectivity index (χ4n) is 2.09. The van der Waals surface area contributed by atoms with Gasteiger partial charge in [0.2, 0.25) is 15.9 Å². The molecule has 0 aliphatic heterocycles. The Kier molecular flexibility index (Phi) is 5.07. The SMILES string of the molecule is NS(=O)(=O)c1ccc(CNC(=O)CSc2nc3ccccc3o2)cc1. The van der Waals surface area contributed by atoms with E-state index >= 15 is 0 Å². The van der Waals surface area contributed by atoms with Crippen LogP contribution < -0.4 is 10.5 Å². The van der Waals surface area contributed by atoms with Crippen LogP contribution in [0.4, 0.5) is 0 Å². The van der Waals surface area contributed by atoms with Crippen molar-refractivity contribution < 1.29 is 17.6 Å². The quantitative estimate of drug-likeness (QED) is 0.634. The van der Waals surface area contributed by atoms with Crippen molar-refractivity contribution in [3.05, 3.63) is 54.1 Å². The second kappa shape index (κ2) is 7.26. The summed E-state index contributed by atoms with van der Waals surface area (Å²) >= 11 is 1.21. The summed E-state index contributed by atoms with van der Waals surface area (Å²) < 4.78 is 27.9. The molecule has 3 aromatic rings. The van der Waals surface area contributed by atoms with Crippen molar-refractivity contribution in [2.75, 3.05) is 5.75 Å². The molecule has 0 saturated carbocycles. The number of carbonyl (C=O) groups is 1. The minimum Gasteiger partial charge on any atom is -0.431 e. The molecular weight excluding hydrogens is 362 g/mol. The van der Waals surface area contributed by atoms with Crippen LogP contribution in [-0.2, 0) is 21.4 Å². The Bertz CT molecular complexity index is 965. The molecule has 0 spiro atoms. The van der Waals surface area contributed by atoms with E-state index in [-0.39, 0.29) is 23.1 Å². The van der Waals surface area contributed by atoms with Crippen molar-refractivity contribution >= 4 is 38.8 Å². The summed E-state index contributed by atoms with van der Waals surface area (Å²) in [5.74, 6) is -0.00925. The number of oxazole rings is 1. The molecule has 1 aromatic heterocycles. The van der Waals surface area contributed by atoms with E-state index in [1.54, 1.807) is 12.1 Å². The molecule has 0 unspecified atom stereocenters. The third-order valence-corrected chi connectivity index (χ3v) is 5.10. The lowest BCUT2D eigenvalue weighted by Crippen LogP contribution is -2.24. The number of rotatable bonds is 6. The minimum absolute atomic E-state index is 0.0362. The van der Waals surface area contributed by atoms with Gasteiger partial charge in [-0.15, -0.1) is 0 Å². The number of nitrogens with one attached hydrogen (secondary N) is 1. The van der Waals surface area contributed by atoms with Gasteiger partial charge in [0.1, 0.15) is 5.52 Å². The van der Waals surface area contributed by atoms with E-state index in [4.69, 9.17) is 9.56 Å². The molecule has 1 heterocycles. The maximum absolute atomic E-state index is 11.9. The third-order valence-electron chi connectivity index (χ3n) is 3.34. The van der Waals surface area contributed by atoms with E-state index in [9.17, 15) is 13.2 Å². The largest absolute Gasteiger partial charge is 0.431 e. The Hall–Kier alpha value is -2.36. The highest BCUT2D eigenvalue weighted by Gasteiger charge is 2.10. The van der Waals surface area contributed by atoms with E-state index in [0.717, 1.165) is 11.1 Å². The number of nitrogens with two attached hydrogens (primary N) is 1. The van der Waals surface area contributed by atoms with Gasteiger partial charge in [-0.25, -0.2) is 18.5 Å². The first kappa shape index (κ1) is 17.5. The Balaban J connectivity index is 1.51. The second-order valence-electron chi connectivity index (χ2n) is 5.20. The van der Waals surface area contributed by atoms with Crippen molar-refractivity contribution in [1.29, 1.82) is 0 Å². The van der Waals surface area contributed by atoms with Gasteiger partial charge >= 0.3 is 0 Å². The predicted molar refractivity (Wildman–Crippen MR) is 94.4 cm³/mol. The summed E-state index contributed by atoms with van der Waals surface area (Å²) in [7, 11) is -3.71. The Morgan fingerprint density at radius 1 is 1.16 bits per heavy atom. The zero-order valence-electron chi connectivity index (χ0n) is 13.0. The number of fused-ring (bicyclic) bond motifs is 1. The molecule has 3 rings (SSSR count). The number of amides is 1. The molecule has 0 aliphatic carbocycles. The molecule has 0 radical (unpaired) electrons. The Morgan fingerprint density at radius 3 is 2.56 bits per heavy atom. The summed E-state index contributed by atoms with van der Waals surface area (Å²) in [6.45, 7) is 0.290. The van der Waals surface area contributed by atoms with Crippen molar-refractivity contribution in [3.63, 3.8) is 0 Å². The zero-order valence-corrected chi connectivity index (χ0v) is 14.6. The van der Waals surface area contributed by atoms with Gasteiger partial charge in [-0.3, -0.25) is 4.79 Å². The third kappa shape index (κ3) is 4.59. The Morgan fingerprint density at radius 2 is 1.88 bits per heavy atom. The van der Waals surface area contributed by atoms with Crippen molar-refractivity contribution in [2.24, 2.45) is 5.14 Å². The van der Waals surface area contributed by atoms with Crippen LogP contribution in [0.25, 0.3) is 11.1 Å². The van der Waals surface area contributed by atoms with Crippen molar-refractivity contribution in [1.82, 2.24) is 10.3 Å². The van der Waals surface area contributed by atoms with Crippen LogP contribution in [0.1, 0.15) is 5.56 Å². The van der Waals surface area contributed by atoms with Gasteiger partial charge < -0.3 is 9.73 Å². The average molecular weight is 377 g/mol. The molecule has 0 saturated heterocycles. The number of para-hydroxylation sites is 2. The Labute approximate surface area is 148 Å². The van der Waals surface area contributed by atoms with Crippen LogP contribution in [0.15, 0.2) is 63.1 Å². The molecular formula is C16H15N3O4S2. The van der Waals surface area contributed by atoms with Gasteiger partial charge in [0.05, 0.1) is 10.6 Å². The summed E-state index contributed by atoms with van der Waals surface area (Å²) in [6, 6.07) is 13.4. The monoisotopic (exact) mass is 377 g/mol. The van der Waals surface area contributed by atoms with Gasteiger partial charge in [0.15, 0.2) is 5.58 Å². The zero-order chi connectivity index (χ0) is 17.9. The van der Waals surface area contributed by atoms with Gasteiger partial charge in [-0.1, -0.05) is 36.0 Å². The number of carbonyl (C=O) groups excluding carboxylic acids is 1. The summed E-state index contributed by atoms with van der Waals surface area (Å²) in [4.78, 5) is 16.2. The number of benzene rings is 2. The lowest BCUT2D eigenvalue weighted by Gasteiger charge is -2.05. The van der Waals surface area contributed by atoms with E-state index in [1.807, 2.05) is 24.3 Å². The molecule has 25 heavy (non-hydrogen) atoms. The number of thioether (sulfide) groups is 1. The maximum atomic E-state index is 11.9. The molecule has 130 valence electrons. The van der Waals surface area contributed by atoms with E-state index in [2.05, 4.69) is 10.3 Å². The molecule has 7 nitrogen and oxygen atoms in total. The highest BCUT2D eigenvalue weighted by Crippen LogP contribution is 2.22. The van der Waals surface area contributed by atoms with Gasteiger partial charge in [-0.2, -0.15) is 0 Å². The minimum atomic E-state index is -3.71. The molecule has 3 N–H and O–H groups in total. The highest BCUT2D eigenvalue weighted by molar-refractivity contribution is 7.99. The van der Waals surface area contributed by atoms with E-state index in [1.165, 1.54) is 23.9 Å². The molecule has 0 fully saturated rings. The normalized spacial score (nSPS) is 11.6. The lowest BCUT2D eigenvalue weighted by molar-refractivity contribution is -0.118. The van der Waals surface area contributed by atoms with Crippen LogP contribution in [0.3, 0.4) is 0 Å². The fraction of sp³-hybridized carbons (Fsp3) is 0.125. The molecule has 0 atom stereocenters. The summed E-state index contributed by atoms with van der Waals surface area (Å²) in [5.41, 5.74) is 2.20. The second-order valence-corrected chi connectivity index (χ2v) is 7.69. The van der Waals surface area contributed by atoms with Crippen LogP contribution in [0.2, 0.25) is 0 Å². The van der Waals surface area contributed by atoms with E-state index < -0.39 is 10.0 Å². The topological polar surface area (TPSA) is 115 Å². The van der Waals surface area contributed by atoms with Crippen LogP contribution in [0.5, 0.6) is 0 Å². The summed E-state index contributed by atoms with van der Waals surface area (Å²) in [6.07, 6.45) is 0. The highest BCUT2D eigenvalue weighted by atomic mass is 32.2. The van der Waals surface area contributed by atoms with Crippen LogP contribution in [0, 0.1) is 0 Å². The number of nitrogens with zero attached hydrogens (tertiary/aromatic N) is 1. The number of aromatic nitrogens is 1. The average Bonchev–Trinajstić information content (AvgIpc) is 3.00. The van der Waals surface area contributed by atoms with Gasteiger partial charge in [-0.05, 0) is 29.8 Å². The fourth-order valence-corrected chi connectivity index (χ4v) is 3.27. The molecule has 1 amide bonds. The van der Waals surface area contributed by atoms with Crippen LogP contribution in [-0.4, -0.2) is 25.1 Å². The maximum Gasteiger partial charge on any atom is 0.257 e. The number of hydrogen-bond acceptors (Lipinski definition) is 6. The standard InChI is InChI=1S/C16H15N3O4S2/c17-25(21,22)12-7-5-11(6-8-12)9-18-15(20)10-24-16-19-13-3-1-2-4-14(13)23-16/h1-8H,9-10H2,(H,18,20)(H2,17,21,22). The molecule has 2 aromatic carbocycles. The lowest BCUT2D eigenvalue weighted by atomic mass is 10.2. The first-order valence-corrected chi connectivity index (χ1v) is 9.82. The van der Waals surface area contributed by atoms with E-state index in [0.29, 0.717) is 10.8 Å². The number of sulfonamides is 1. The van der Waals surface area contributed by atoms with Crippen molar-refractivity contribution in [2.45, 2.75) is 16.7 Å². The predicted octanol–water partition coefficient (Wildman–Crippen LogP) is 1.88. The number of hydrogen-bond donors (Lipinski definition) is 2. The molecule has 9 heteroatoms. The molecule has 0 bridgehead atoms. The first-order chi connectivity index (χ1) is 11.9. The summed E-state index contributed by atoms with van der Waals surface area (Å²) in [5, 5.41) is 8.23.